The highest BCUT2D eigenvalue weighted by Crippen LogP contribution is 2.44. The van der Waals surface area contributed by atoms with Crippen molar-refractivity contribution in [2.75, 3.05) is 6.61 Å². The molecule has 1 atom stereocenters. The average molecular weight is 374 g/mol. The fourth-order valence-electron chi connectivity index (χ4n) is 3.61. The summed E-state index contributed by atoms with van der Waals surface area (Å²) in [6.45, 7) is 0.0774. The summed E-state index contributed by atoms with van der Waals surface area (Å²) in [5.74, 6) is -1.36. The Hall–Kier alpha value is -3.60. The summed E-state index contributed by atoms with van der Waals surface area (Å²) in [7, 11) is 0. The van der Waals surface area contributed by atoms with Crippen LogP contribution in [-0.4, -0.2) is 23.8 Å². The number of aliphatic carboxylic acids is 1. The van der Waals surface area contributed by atoms with Crippen molar-refractivity contribution in [1.29, 1.82) is 0 Å². The fourth-order valence-corrected chi connectivity index (χ4v) is 3.61. The van der Waals surface area contributed by atoms with Crippen LogP contribution in [0.2, 0.25) is 0 Å². The molecule has 140 valence electrons. The zero-order valence-corrected chi connectivity index (χ0v) is 14.9. The minimum atomic E-state index is -1.41. The summed E-state index contributed by atoms with van der Waals surface area (Å²) >= 11 is 0. The summed E-state index contributed by atoms with van der Waals surface area (Å²) in [5, 5.41) is 9.38. The maximum Gasteiger partial charge on any atom is 0.509 e. The van der Waals surface area contributed by atoms with E-state index in [1.165, 1.54) is 0 Å². The van der Waals surface area contributed by atoms with Gasteiger partial charge in [-0.3, -0.25) is 0 Å². The van der Waals surface area contributed by atoms with Gasteiger partial charge in [0, 0.05) is 11.5 Å². The van der Waals surface area contributed by atoms with Crippen LogP contribution in [0, 0.1) is 0 Å². The van der Waals surface area contributed by atoms with Crippen molar-refractivity contribution >= 4 is 12.1 Å². The van der Waals surface area contributed by atoms with Gasteiger partial charge in [0.1, 0.15) is 6.61 Å². The van der Waals surface area contributed by atoms with Crippen molar-refractivity contribution in [2.45, 2.75) is 12.0 Å². The second-order valence-electron chi connectivity index (χ2n) is 6.53. The molecule has 1 aliphatic carbocycles. The summed E-state index contributed by atoms with van der Waals surface area (Å²) in [4.78, 5) is 23.7. The van der Waals surface area contributed by atoms with Crippen LogP contribution in [0.1, 0.15) is 28.7 Å². The molecule has 0 fully saturated rings. The molecule has 0 unspecified atom stereocenters. The van der Waals surface area contributed by atoms with E-state index in [-0.39, 0.29) is 12.5 Å². The Kier molecular flexibility index (Phi) is 4.81. The zero-order valence-electron chi connectivity index (χ0n) is 14.9. The number of benzene rings is 3. The quantitative estimate of drug-likeness (QED) is 0.651. The minimum absolute atomic E-state index is 0.0774. The van der Waals surface area contributed by atoms with Crippen LogP contribution in [0.15, 0.2) is 78.9 Å². The summed E-state index contributed by atoms with van der Waals surface area (Å²) in [5.41, 5.74) is 4.77. The lowest BCUT2D eigenvalue weighted by Crippen LogP contribution is -2.21. The van der Waals surface area contributed by atoms with Gasteiger partial charge in [-0.1, -0.05) is 78.9 Å². The average Bonchev–Trinajstić information content (AvgIpc) is 3.05. The normalized spacial score (nSPS) is 13.3. The van der Waals surface area contributed by atoms with Crippen LogP contribution in [0.5, 0.6) is 0 Å². The third-order valence-electron chi connectivity index (χ3n) is 4.87. The van der Waals surface area contributed by atoms with E-state index < -0.39 is 18.2 Å². The van der Waals surface area contributed by atoms with Crippen LogP contribution in [0.25, 0.3) is 11.1 Å². The van der Waals surface area contributed by atoms with Gasteiger partial charge in [-0.15, -0.1) is 0 Å². The second kappa shape index (κ2) is 7.56. The topological polar surface area (TPSA) is 72.8 Å². The summed E-state index contributed by atoms with van der Waals surface area (Å²) < 4.78 is 10.4. The van der Waals surface area contributed by atoms with E-state index in [0.29, 0.717) is 5.56 Å². The Morgan fingerprint density at radius 1 is 0.821 bits per heavy atom. The van der Waals surface area contributed by atoms with Crippen molar-refractivity contribution in [3.05, 3.63) is 95.6 Å². The number of hydrogen-bond acceptors (Lipinski definition) is 4. The van der Waals surface area contributed by atoms with Gasteiger partial charge in [0.25, 0.3) is 0 Å². The van der Waals surface area contributed by atoms with E-state index in [1.807, 2.05) is 48.5 Å². The molecule has 0 radical (unpaired) electrons. The third-order valence-corrected chi connectivity index (χ3v) is 4.87. The van der Waals surface area contributed by atoms with E-state index in [4.69, 9.17) is 9.47 Å². The summed E-state index contributed by atoms with van der Waals surface area (Å²) in [6.07, 6.45) is -2.41. The number of carboxylic acid groups (broad SMARTS) is 1. The molecule has 5 nitrogen and oxygen atoms in total. The van der Waals surface area contributed by atoms with Gasteiger partial charge in [0.15, 0.2) is 0 Å². The molecule has 0 amide bonds. The van der Waals surface area contributed by atoms with E-state index in [1.54, 1.807) is 30.3 Å². The largest absolute Gasteiger partial charge is 0.509 e. The highest BCUT2D eigenvalue weighted by Gasteiger charge is 2.30. The number of ether oxygens (including phenoxy) is 2. The van der Waals surface area contributed by atoms with Crippen LogP contribution < -0.4 is 0 Å². The molecule has 0 aromatic heterocycles. The molecule has 1 aliphatic rings. The molecular weight excluding hydrogens is 356 g/mol. The van der Waals surface area contributed by atoms with Gasteiger partial charge < -0.3 is 14.6 Å². The minimum Gasteiger partial charge on any atom is -0.478 e. The zero-order chi connectivity index (χ0) is 19.5. The predicted molar refractivity (Wildman–Crippen MR) is 103 cm³/mol. The number of carboxylic acids is 1. The highest BCUT2D eigenvalue weighted by molar-refractivity contribution is 5.79. The van der Waals surface area contributed by atoms with E-state index >= 15 is 0 Å². The van der Waals surface area contributed by atoms with Crippen LogP contribution in [0.3, 0.4) is 0 Å². The van der Waals surface area contributed by atoms with E-state index in [0.717, 1.165) is 22.3 Å². The van der Waals surface area contributed by atoms with Gasteiger partial charge >= 0.3 is 12.1 Å². The molecule has 0 saturated carbocycles. The predicted octanol–water partition coefficient (Wildman–Crippen LogP) is 4.78. The molecule has 28 heavy (non-hydrogen) atoms. The molecule has 3 aromatic carbocycles. The molecular formula is C23H18O5. The molecule has 0 heterocycles. The number of carbonyl (C=O) groups excluding carboxylic acids is 1. The second-order valence-corrected chi connectivity index (χ2v) is 6.53. The molecule has 4 rings (SSSR count). The number of hydrogen-bond donors (Lipinski definition) is 1. The Labute approximate surface area is 162 Å². The van der Waals surface area contributed by atoms with Crippen molar-refractivity contribution in [2.24, 2.45) is 0 Å². The van der Waals surface area contributed by atoms with Crippen LogP contribution in [0.4, 0.5) is 4.79 Å². The van der Waals surface area contributed by atoms with Gasteiger partial charge in [-0.05, 0) is 22.3 Å². The maximum atomic E-state index is 12.2. The van der Waals surface area contributed by atoms with Gasteiger partial charge in [0.05, 0.1) is 0 Å². The van der Waals surface area contributed by atoms with Crippen LogP contribution in [-0.2, 0) is 14.3 Å². The Bertz CT molecular complexity index is 967. The first kappa shape index (κ1) is 17.8. The standard InChI is InChI=1S/C23H18O5/c24-22(25)21(15-8-2-1-3-9-15)28-23(26)27-14-20-18-12-6-4-10-16(18)17-11-5-7-13-19(17)20/h1-13,20-21H,14H2,(H,24,25)/t21-/m0/s1. The highest BCUT2D eigenvalue weighted by atomic mass is 16.7. The SMILES string of the molecule is O=C(OCC1c2ccccc2-c2ccccc21)O[C@H](C(=O)O)c1ccccc1. The molecule has 5 heteroatoms. The van der Waals surface area contributed by atoms with Gasteiger partial charge in [-0.25, -0.2) is 9.59 Å². The van der Waals surface area contributed by atoms with Gasteiger partial charge in [-0.2, -0.15) is 0 Å². The lowest BCUT2D eigenvalue weighted by molar-refractivity contribution is -0.148. The maximum absolute atomic E-state index is 12.2. The molecule has 0 saturated heterocycles. The molecule has 0 bridgehead atoms. The first-order valence-corrected chi connectivity index (χ1v) is 8.94. The van der Waals surface area contributed by atoms with Crippen LogP contribution >= 0.6 is 0 Å². The smallest absolute Gasteiger partial charge is 0.478 e. The lowest BCUT2D eigenvalue weighted by Gasteiger charge is -2.17. The third kappa shape index (κ3) is 3.34. The molecule has 3 aromatic rings. The van der Waals surface area contributed by atoms with Crippen molar-refractivity contribution in [3.63, 3.8) is 0 Å². The van der Waals surface area contributed by atoms with Crippen molar-refractivity contribution in [3.8, 4) is 11.1 Å². The number of rotatable bonds is 5. The van der Waals surface area contributed by atoms with Gasteiger partial charge in [0.2, 0.25) is 6.10 Å². The lowest BCUT2D eigenvalue weighted by atomic mass is 9.98. The van der Waals surface area contributed by atoms with Crippen molar-refractivity contribution in [1.82, 2.24) is 0 Å². The Balaban J connectivity index is 1.49. The first-order chi connectivity index (χ1) is 13.6. The fraction of sp³-hybridized carbons (Fsp3) is 0.130. The van der Waals surface area contributed by atoms with E-state index in [9.17, 15) is 14.7 Å². The molecule has 0 spiro atoms. The van der Waals surface area contributed by atoms with Crippen molar-refractivity contribution < 1.29 is 24.2 Å². The summed E-state index contributed by atoms with van der Waals surface area (Å²) in [6, 6.07) is 24.3. The number of carbonyl (C=O) groups is 2. The monoisotopic (exact) mass is 374 g/mol. The molecule has 0 aliphatic heterocycles. The Morgan fingerprint density at radius 3 is 1.93 bits per heavy atom. The number of fused-ring (bicyclic) bond motifs is 3. The molecule has 1 N–H and O–H groups in total. The Morgan fingerprint density at radius 2 is 1.36 bits per heavy atom. The first-order valence-electron chi connectivity index (χ1n) is 8.94. The van der Waals surface area contributed by atoms with E-state index in [2.05, 4.69) is 0 Å².